The number of carbonyl (C=O) groups excluding carboxylic acids is 2. The molecule has 0 saturated carbocycles. The van der Waals surface area contributed by atoms with Crippen molar-refractivity contribution in [2.45, 2.75) is 52.6 Å². The van der Waals surface area contributed by atoms with Gasteiger partial charge in [0.05, 0.1) is 0 Å². The number of ether oxygens (including phenoxy) is 2. The Hall–Kier alpha value is -2.44. The first-order valence-electron chi connectivity index (χ1n) is 10.2. The molecular formula is C21H31N3O4. The highest BCUT2D eigenvalue weighted by Crippen LogP contribution is 2.32. The maximum atomic E-state index is 12.5. The van der Waals surface area contributed by atoms with Gasteiger partial charge in [0.1, 0.15) is 0 Å². The molecule has 0 unspecified atom stereocenters. The van der Waals surface area contributed by atoms with Crippen LogP contribution < -0.4 is 20.1 Å². The van der Waals surface area contributed by atoms with Gasteiger partial charge < -0.3 is 25.0 Å². The summed E-state index contributed by atoms with van der Waals surface area (Å²) in [5.41, 5.74) is 0.991. The van der Waals surface area contributed by atoms with Crippen molar-refractivity contribution in [1.29, 1.82) is 0 Å². The van der Waals surface area contributed by atoms with Crippen molar-refractivity contribution < 1.29 is 19.1 Å². The van der Waals surface area contributed by atoms with Gasteiger partial charge in [0.15, 0.2) is 11.5 Å². The number of urea groups is 1. The number of nitrogens with zero attached hydrogens (tertiary/aromatic N) is 1. The summed E-state index contributed by atoms with van der Waals surface area (Å²) in [4.78, 5) is 26.6. The Labute approximate surface area is 166 Å². The van der Waals surface area contributed by atoms with Crippen LogP contribution >= 0.6 is 0 Å². The summed E-state index contributed by atoms with van der Waals surface area (Å²) < 4.78 is 10.7. The van der Waals surface area contributed by atoms with Crippen LogP contribution in [0.5, 0.6) is 11.5 Å². The minimum atomic E-state index is -0.000778. The van der Waals surface area contributed by atoms with E-state index in [9.17, 15) is 9.59 Å². The van der Waals surface area contributed by atoms with Gasteiger partial charge in [-0.2, -0.15) is 0 Å². The molecular weight excluding hydrogens is 358 g/mol. The van der Waals surface area contributed by atoms with E-state index in [-0.39, 0.29) is 24.8 Å². The summed E-state index contributed by atoms with van der Waals surface area (Å²) in [6.45, 7) is 8.20. The Bertz CT molecular complexity index is 707. The summed E-state index contributed by atoms with van der Waals surface area (Å²) >= 11 is 0. The Balaban J connectivity index is 1.47. The zero-order valence-corrected chi connectivity index (χ0v) is 17.0. The number of amides is 3. The average Bonchev–Trinajstić information content (AvgIpc) is 3.14. The van der Waals surface area contributed by atoms with Crippen molar-refractivity contribution in [3.63, 3.8) is 0 Å². The number of carbonyl (C=O) groups is 2. The number of benzene rings is 1. The number of piperidine rings is 1. The monoisotopic (exact) mass is 389 g/mol. The van der Waals surface area contributed by atoms with Crippen molar-refractivity contribution in [3.05, 3.63) is 23.8 Å². The number of hydrogen-bond acceptors (Lipinski definition) is 4. The van der Waals surface area contributed by atoms with E-state index in [1.165, 1.54) is 0 Å². The predicted octanol–water partition coefficient (Wildman–Crippen LogP) is 2.89. The summed E-state index contributed by atoms with van der Waals surface area (Å²) in [6, 6.07) is 5.85. The van der Waals surface area contributed by atoms with Crippen molar-refractivity contribution >= 4 is 11.9 Å². The molecule has 1 saturated heterocycles. The number of hydrogen-bond donors (Lipinski definition) is 2. The molecule has 2 atom stereocenters. The van der Waals surface area contributed by atoms with Crippen LogP contribution in [0.1, 0.15) is 45.6 Å². The van der Waals surface area contributed by atoms with Crippen molar-refractivity contribution in [3.8, 4) is 11.5 Å². The summed E-state index contributed by atoms with van der Waals surface area (Å²) in [5, 5.41) is 5.97. The minimum Gasteiger partial charge on any atom is -0.454 e. The Kier molecular flexibility index (Phi) is 6.65. The highest BCUT2D eigenvalue weighted by Gasteiger charge is 2.31. The fourth-order valence-electron chi connectivity index (χ4n) is 3.90. The van der Waals surface area contributed by atoms with Gasteiger partial charge in [0.25, 0.3) is 0 Å². The largest absolute Gasteiger partial charge is 0.454 e. The molecule has 7 nitrogen and oxygen atoms in total. The highest BCUT2D eigenvalue weighted by molar-refractivity contribution is 5.76. The maximum absolute atomic E-state index is 12.5. The van der Waals surface area contributed by atoms with Gasteiger partial charge >= 0.3 is 6.03 Å². The normalized spacial score (nSPS) is 20.9. The molecule has 154 valence electrons. The van der Waals surface area contributed by atoms with E-state index >= 15 is 0 Å². The zero-order valence-electron chi connectivity index (χ0n) is 17.0. The van der Waals surface area contributed by atoms with E-state index in [4.69, 9.17) is 9.47 Å². The molecule has 3 rings (SSSR count). The predicted molar refractivity (Wildman–Crippen MR) is 106 cm³/mol. The van der Waals surface area contributed by atoms with Gasteiger partial charge in [-0.15, -0.1) is 0 Å². The van der Waals surface area contributed by atoms with Crippen molar-refractivity contribution in [2.24, 2.45) is 11.8 Å². The molecule has 1 aromatic rings. The van der Waals surface area contributed by atoms with Gasteiger partial charge in [-0.25, -0.2) is 4.79 Å². The van der Waals surface area contributed by atoms with Crippen LogP contribution in [0.25, 0.3) is 0 Å². The van der Waals surface area contributed by atoms with Gasteiger partial charge in [-0.05, 0) is 49.8 Å². The molecule has 0 radical (unpaired) electrons. The van der Waals surface area contributed by atoms with Gasteiger partial charge in [0.2, 0.25) is 12.7 Å². The number of fused-ring (bicyclic) bond motifs is 1. The van der Waals surface area contributed by atoms with E-state index in [0.717, 1.165) is 36.4 Å². The lowest BCUT2D eigenvalue weighted by Crippen LogP contribution is -2.50. The summed E-state index contributed by atoms with van der Waals surface area (Å²) in [5.74, 6) is 2.19. The van der Waals surface area contributed by atoms with E-state index in [1.54, 1.807) is 0 Å². The molecule has 28 heavy (non-hydrogen) atoms. The lowest BCUT2D eigenvalue weighted by Gasteiger charge is -2.38. The molecule has 2 N–H and O–H groups in total. The maximum Gasteiger partial charge on any atom is 0.317 e. The van der Waals surface area contributed by atoms with E-state index < -0.39 is 0 Å². The van der Waals surface area contributed by atoms with Gasteiger partial charge in [-0.1, -0.05) is 19.4 Å². The third-order valence-corrected chi connectivity index (χ3v) is 5.49. The molecule has 1 fully saturated rings. The number of nitrogens with one attached hydrogen (secondary N) is 2. The quantitative estimate of drug-likeness (QED) is 0.784. The Morgan fingerprint density at radius 1 is 1.21 bits per heavy atom. The van der Waals surface area contributed by atoms with E-state index in [2.05, 4.69) is 17.6 Å². The first-order valence-corrected chi connectivity index (χ1v) is 10.2. The van der Waals surface area contributed by atoms with Crippen LogP contribution in [-0.4, -0.2) is 42.8 Å². The topological polar surface area (TPSA) is 79.9 Å². The first-order chi connectivity index (χ1) is 13.5. The average molecular weight is 389 g/mol. The molecule has 2 aliphatic rings. The molecule has 0 aliphatic carbocycles. The smallest absolute Gasteiger partial charge is 0.317 e. The minimum absolute atomic E-state index is 0.000778. The van der Waals surface area contributed by atoms with E-state index in [0.29, 0.717) is 31.3 Å². The van der Waals surface area contributed by atoms with Crippen LogP contribution in [-0.2, 0) is 11.3 Å². The van der Waals surface area contributed by atoms with Crippen molar-refractivity contribution in [1.82, 2.24) is 15.5 Å². The molecule has 0 bridgehead atoms. The highest BCUT2D eigenvalue weighted by atomic mass is 16.7. The lowest BCUT2D eigenvalue weighted by molar-refractivity contribution is -0.123. The zero-order chi connectivity index (χ0) is 20.1. The SMILES string of the molecule is CC[C@@H]1CN(C(=O)NC(C)C)CC[C@H]1CC(=O)NCc1ccc2c(c1)OCO2. The van der Waals surface area contributed by atoms with E-state index in [1.807, 2.05) is 36.9 Å². The third kappa shape index (κ3) is 5.09. The molecule has 2 heterocycles. The third-order valence-electron chi connectivity index (χ3n) is 5.49. The fraction of sp³-hybridized carbons (Fsp3) is 0.619. The van der Waals surface area contributed by atoms with Gasteiger partial charge in [0, 0.05) is 32.1 Å². The van der Waals surface area contributed by atoms with Crippen LogP contribution in [0.2, 0.25) is 0 Å². The van der Waals surface area contributed by atoms with Crippen LogP contribution in [0.15, 0.2) is 18.2 Å². The molecule has 2 aliphatic heterocycles. The van der Waals surface area contributed by atoms with Crippen LogP contribution in [0, 0.1) is 11.8 Å². The Morgan fingerprint density at radius 3 is 2.75 bits per heavy atom. The molecule has 0 aromatic heterocycles. The number of likely N-dealkylation sites (tertiary alicyclic amines) is 1. The van der Waals surface area contributed by atoms with Crippen LogP contribution in [0.3, 0.4) is 0 Å². The second-order valence-electron chi connectivity index (χ2n) is 7.94. The Morgan fingerprint density at radius 2 is 2.00 bits per heavy atom. The van der Waals surface area contributed by atoms with Crippen LogP contribution in [0.4, 0.5) is 4.79 Å². The van der Waals surface area contributed by atoms with Gasteiger partial charge in [-0.3, -0.25) is 4.79 Å². The fourth-order valence-corrected chi connectivity index (χ4v) is 3.90. The molecule has 3 amide bonds. The summed E-state index contributed by atoms with van der Waals surface area (Å²) in [7, 11) is 0. The summed E-state index contributed by atoms with van der Waals surface area (Å²) in [6.07, 6.45) is 2.33. The lowest BCUT2D eigenvalue weighted by atomic mass is 9.81. The second kappa shape index (κ2) is 9.17. The first kappa shape index (κ1) is 20.3. The second-order valence-corrected chi connectivity index (χ2v) is 7.94. The molecule has 1 aromatic carbocycles. The molecule has 7 heteroatoms. The standard InChI is InChI=1S/C21H31N3O4/c1-4-16-12-24(21(26)23-14(2)3)8-7-17(16)10-20(25)22-11-15-5-6-18-19(9-15)28-13-27-18/h5-6,9,14,16-17H,4,7-8,10-13H2,1-3H3,(H,22,25)(H,23,26)/t16-,17+/m1/s1. The van der Waals surface area contributed by atoms with Crippen molar-refractivity contribution in [2.75, 3.05) is 19.9 Å². The molecule has 0 spiro atoms. The number of rotatable bonds is 6.